The van der Waals surface area contributed by atoms with E-state index in [1.165, 1.54) is 6.33 Å². The van der Waals surface area contributed by atoms with E-state index in [2.05, 4.69) is 20.3 Å². The van der Waals surface area contributed by atoms with Gasteiger partial charge < -0.3 is 10.4 Å². The van der Waals surface area contributed by atoms with E-state index >= 15 is 0 Å². The molecule has 7 heteroatoms. The molecule has 2 heterocycles. The number of halogens is 1. The van der Waals surface area contributed by atoms with Crippen LogP contribution in [0.15, 0.2) is 41.9 Å². The first-order chi connectivity index (χ1) is 10.5. The highest BCUT2D eigenvalue weighted by Crippen LogP contribution is 2.27. The first kappa shape index (κ1) is 14.5. The Morgan fingerprint density at radius 2 is 2.23 bits per heavy atom. The molecule has 2 aromatic heterocycles. The Balaban J connectivity index is 2.01. The van der Waals surface area contributed by atoms with E-state index in [1.807, 2.05) is 6.92 Å². The molecule has 0 aromatic carbocycles. The van der Waals surface area contributed by atoms with Crippen molar-refractivity contribution in [1.82, 2.24) is 15.0 Å². The number of nitrogens with zero attached hydrogens (tertiary/aromatic N) is 3. The number of nitrogens with one attached hydrogen (secondary N) is 1. The van der Waals surface area contributed by atoms with Gasteiger partial charge >= 0.3 is 5.97 Å². The fourth-order valence-electron chi connectivity index (χ4n) is 2.25. The third-order valence-corrected chi connectivity index (χ3v) is 3.70. The minimum Gasteiger partial charge on any atom is -0.478 e. The number of hydrogen-bond acceptors (Lipinski definition) is 5. The molecule has 0 saturated heterocycles. The van der Waals surface area contributed by atoms with Crippen LogP contribution in [0.3, 0.4) is 0 Å². The molecule has 1 unspecified atom stereocenters. The lowest BCUT2D eigenvalue weighted by atomic mass is 9.94. The maximum atomic E-state index is 11.1. The molecule has 0 spiro atoms. The Morgan fingerprint density at radius 1 is 1.41 bits per heavy atom. The van der Waals surface area contributed by atoms with Crippen LogP contribution in [0.1, 0.15) is 13.3 Å². The van der Waals surface area contributed by atoms with Crippen LogP contribution in [0, 0.1) is 5.92 Å². The Morgan fingerprint density at radius 3 is 3.00 bits per heavy atom. The number of carboxylic acids is 1. The van der Waals surface area contributed by atoms with Crippen LogP contribution in [0.5, 0.6) is 0 Å². The molecule has 0 saturated carbocycles. The summed E-state index contributed by atoms with van der Waals surface area (Å²) in [6.07, 6.45) is 5.42. The van der Waals surface area contributed by atoms with Gasteiger partial charge in [-0.15, -0.1) is 0 Å². The van der Waals surface area contributed by atoms with Crippen molar-refractivity contribution in [3.63, 3.8) is 0 Å². The zero-order valence-corrected chi connectivity index (χ0v) is 12.5. The molecule has 2 aromatic rings. The molecule has 2 N–H and O–H groups in total. The van der Waals surface area contributed by atoms with Crippen LogP contribution in [0.25, 0.3) is 11.0 Å². The number of hydrogen-bond donors (Lipinski definition) is 2. The van der Waals surface area contributed by atoms with Crippen LogP contribution in [0.4, 0.5) is 5.82 Å². The molecule has 3 rings (SSSR count). The maximum absolute atomic E-state index is 11.1. The number of carbonyl (C=O) groups is 1. The first-order valence-corrected chi connectivity index (χ1v) is 7.11. The number of aliphatic carboxylic acids is 1. The topological polar surface area (TPSA) is 88.0 Å². The van der Waals surface area contributed by atoms with Gasteiger partial charge in [-0.25, -0.2) is 19.7 Å². The predicted octanol–water partition coefficient (Wildman–Crippen LogP) is 3.02. The standard InChI is InChI=1S/C15H13ClN4O2/c1-8-2-3-9(15(21)22)6-11(8)19-14-13-10(17-7-18-14)4-5-12(16)20-13/h3-8H,2H2,1H3,(H,21,22)(H,17,18,19). The Hall–Kier alpha value is -2.47. The average molecular weight is 317 g/mol. The Bertz CT molecular complexity index is 816. The number of pyridine rings is 1. The molecule has 0 fully saturated rings. The van der Waals surface area contributed by atoms with Gasteiger partial charge in [0.15, 0.2) is 5.82 Å². The van der Waals surface area contributed by atoms with Gasteiger partial charge in [-0.3, -0.25) is 0 Å². The van der Waals surface area contributed by atoms with Crippen molar-refractivity contribution in [2.45, 2.75) is 13.3 Å². The Labute approximate surface area is 131 Å². The van der Waals surface area contributed by atoms with Crippen molar-refractivity contribution in [1.29, 1.82) is 0 Å². The van der Waals surface area contributed by atoms with Gasteiger partial charge in [-0.05, 0) is 30.5 Å². The van der Waals surface area contributed by atoms with Crippen molar-refractivity contribution < 1.29 is 9.90 Å². The van der Waals surface area contributed by atoms with E-state index in [9.17, 15) is 4.79 Å². The third kappa shape index (κ3) is 2.78. The van der Waals surface area contributed by atoms with Gasteiger partial charge in [0.2, 0.25) is 0 Å². The zero-order valence-electron chi connectivity index (χ0n) is 11.7. The largest absolute Gasteiger partial charge is 0.478 e. The predicted molar refractivity (Wildman–Crippen MR) is 83.5 cm³/mol. The molecule has 0 bridgehead atoms. The summed E-state index contributed by atoms with van der Waals surface area (Å²) in [5, 5.41) is 12.6. The lowest BCUT2D eigenvalue weighted by molar-refractivity contribution is -0.132. The van der Waals surface area contributed by atoms with Crippen molar-refractivity contribution in [3.8, 4) is 0 Å². The number of carboxylic acid groups (broad SMARTS) is 1. The van der Waals surface area contributed by atoms with Crippen LogP contribution in [-0.2, 0) is 4.79 Å². The quantitative estimate of drug-likeness (QED) is 0.846. The SMILES string of the molecule is CC1CC=C(C(=O)O)C=C1Nc1ncnc2ccc(Cl)nc12. The fourth-order valence-corrected chi connectivity index (χ4v) is 2.40. The van der Waals surface area contributed by atoms with Crippen LogP contribution in [0.2, 0.25) is 5.15 Å². The summed E-state index contributed by atoms with van der Waals surface area (Å²) in [7, 11) is 0. The number of aromatic nitrogens is 3. The highest BCUT2D eigenvalue weighted by Gasteiger charge is 2.18. The van der Waals surface area contributed by atoms with Crippen LogP contribution >= 0.6 is 11.6 Å². The molecule has 112 valence electrons. The van der Waals surface area contributed by atoms with Crippen LogP contribution in [-0.4, -0.2) is 26.0 Å². The summed E-state index contributed by atoms with van der Waals surface area (Å²) in [4.78, 5) is 23.7. The van der Waals surface area contributed by atoms with E-state index in [0.29, 0.717) is 28.4 Å². The van der Waals surface area contributed by atoms with Crippen molar-refractivity contribution in [3.05, 3.63) is 47.0 Å². The minimum absolute atomic E-state index is 0.160. The fraction of sp³-hybridized carbons (Fsp3) is 0.200. The average Bonchev–Trinajstić information content (AvgIpc) is 2.49. The zero-order chi connectivity index (χ0) is 15.7. The summed E-state index contributed by atoms with van der Waals surface area (Å²) < 4.78 is 0. The van der Waals surface area contributed by atoms with Crippen molar-refractivity contribution in [2.75, 3.05) is 5.32 Å². The lowest BCUT2D eigenvalue weighted by Gasteiger charge is -2.20. The maximum Gasteiger partial charge on any atom is 0.335 e. The third-order valence-electron chi connectivity index (χ3n) is 3.49. The Kier molecular flexibility index (Phi) is 3.77. The number of anilines is 1. The number of allylic oxidation sites excluding steroid dienone is 2. The molecule has 22 heavy (non-hydrogen) atoms. The van der Waals surface area contributed by atoms with E-state index < -0.39 is 5.97 Å². The molecule has 0 aliphatic heterocycles. The molecule has 1 aliphatic rings. The van der Waals surface area contributed by atoms with E-state index in [0.717, 1.165) is 5.70 Å². The van der Waals surface area contributed by atoms with E-state index in [1.54, 1.807) is 24.3 Å². The normalized spacial score (nSPS) is 17.8. The van der Waals surface area contributed by atoms with E-state index in [-0.39, 0.29) is 11.5 Å². The lowest BCUT2D eigenvalue weighted by Crippen LogP contribution is -2.15. The first-order valence-electron chi connectivity index (χ1n) is 6.74. The van der Waals surface area contributed by atoms with Gasteiger partial charge in [-0.1, -0.05) is 24.6 Å². The highest BCUT2D eigenvalue weighted by molar-refractivity contribution is 6.29. The van der Waals surface area contributed by atoms with Crippen LogP contribution < -0.4 is 5.32 Å². The molecule has 0 radical (unpaired) electrons. The highest BCUT2D eigenvalue weighted by atomic mass is 35.5. The van der Waals surface area contributed by atoms with Crippen molar-refractivity contribution >= 4 is 34.4 Å². The van der Waals surface area contributed by atoms with Gasteiger partial charge in [0.25, 0.3) is 0 Å². The molecular weight excluding hydrogens is 304 g/mol. The smallest absolute Gasteiger partial charge is 0.335 e. The second-order valence-corrected chi connectivity index (χ2v) is 5.44. The summed E-state index contributed by atoms with van der Waals surface area (Å²) in [6, 6.07) is 3.42. The van der Waals surface area contributed by atoms with Gasteiger partial charge in [-0.2, -0.15) is 0 Å². The van der Waals surface area contributed by atoms with Gasteiger partial charge in [0.1, 0.15) is 17.0 Å². The van der Waals surface area contributed by atoms with Crippen molar-refractivity contribution in [2.24, 2.45) is 5.92 Å². The number of fused-ring (bicyclic) bond motifs is 1. The second-order valence-electron chi connectivity index (χ2n) is 5.05. The molecule has 1 atom stereocenters. The molecular formula is C15H13ClN4O2. The molecule has 6 nitrogen and oxygen atoms in total. The minimum atomic E-state index is -0.945. The second kappa shape index (κ2) is 5.73. The molecule has 0 amide bonds. The summed E-state index contributed by atoms with van der Waals surface area (Å²) in [5.74, 6) is -0.274. The summed E-state index contributed by atoms with van der Waals surface area (Å²) in [6.45, 7) is 2.01. The monoisotopic (exact) mass is 316 g/mol. The number of rotatable bonds is 3. The summed E-state index contributed by atoms with van der Waals surface area (Å²) in [5.41, 5.74) is 2.26. The molecule has 1 aliphatic carbocycles. The van der Waals surface area contributed by atoms with Gasteiger partial charge in [0.05, 0.1) is 11.1 Å². The van der Waals surface area contributed by atoms with Gasteiger partial charge in [0, 0.05) is 5.70 Å². The summed E-state index contributed by atoms with van der Waals surface area (Å²) >= 11 is 5.93. The van der Waals surface area contributed by atoms with E-state index in [4.69, 9.17) is 16.7 Å².